The van der Waals surface area contributed by atoms with Gasteiger partial charge in [0.15, 0.2) is 6.39 Å². The van der Waals surface area contributed by atoms with Gasteiger partial charge in [0.05, 0.1) is 0 Å². The number of aromatic nitrogens is 3. The first-order valence-corrected chi connectivity index (χ1v) is 9.31. The van der Waals surface area contributed by atoms with E-state index in [2.05, 4.69) is 15.0 Å². The van der Waals surface area contributed by atoms with Crippen molar-refractivity contribution < 1.29 is 4.42 Å². The van der Waals surface area contributed by atoms with E-state index in [0.29, 0.717) is 11.5 Å². The van der Waals surface area contributed by atoms with E-state index in [9.17, 15) is 9.59 Å². The largest absolute Gasteiger partial charge is 0.447 e. The van der Waals surface area contributed by atoms with Gasteiger partial charge in [-0.15, -0.1) is 0 Å². The first-order valence-electron chi connectivity index (χ1n) is 9.31. The second-order valence-corrected chi connectivity index (χ2v) is 7.91. The number of fused-ring (bicyclic) bond motifs is 1. The summed E-state index contributed by atoms with van der Waals surface area (Å²) >= 11 is 0. The number of oxazole rings is 1. The van der Waals surface area contributed by atoms with Crippen LogP contribution in [0.2, 0.25) is 0 Å². The Morgan fingerprint density at radius 3 is 2.28 bits per heavy atom. The molecule has 146 valence electrons. The molecule has 0 bridgehead atoms. The maximum Gasteiger partial charge on any atom is 0.272 e. The van der Waals surface area contributed by atoms with Gasteiger partial charge in [-0.1, -0.05) is 63.2 Å². The van der Waals surface area contributed by atoms with E-state index in [1.54, 1.807) is 6.08 Å². The predicted octanol–water partition coefficient (Wildman–Crippen LogP) is 2.16. The molecule has 0 aliphatic heterocycles. The fourth-order valence-electron chi connectivity index (χ4n) is 3.28. The van der Waals surface area contributed by atoms with Crippen LogP contribution in [0.1, 0.15) is 37.8 Å². The molecule has 0 atom stereocenters. The van der Waals surface area contributed by atoms with Crippen molar-refractivity contribution in [1.82, 2.24) is 15.0 Å². The lowest BCUT2D eigenvalue weighted by Gasteiger charge is -2.14. The van der Waals surface area contributed by atoms with Gasteiger partial charge in [0.2, 0.25) is 0 Å². The van der Waals surface area contributed by atoms with Gasteiger partial charge in [-0.3, -0.25) is 9.59 Å². The molecule has 0 radical (unpaired) electrons. The van der Waals surface area contributed by atoms with Crippen molar-refractivity contribution in [2.24, 2.45) is 0 Å². The Bertz CT molecular complexity index is 1430. The quantitative estimate of drug-likeness (QED) is 0.551. The molecule has 0 unspecified atom stereocenters. The van der Waals surface area contributed by atoms with E-state index in [1.807, 2.05) is 63.2 Å². The first-order chi connectivity index (χ1) is 13.8. The molecule has 0 spiro atoms. The molecule has 6 heteroatoms. The second kappa shape index (κ2) is 7.05. The fraction of sp³-hybridized carbons (Fsp3) is 0.174. The van der Waals surface area contributed by atoms with Crippen molar-refractivity contribution in [3.8, 4) is 0 Å². The van der Waals surface area contributed by atoms with Gasteiger partial charge in [-0.05, 0) is 28.5 Å². The molecule has 4 aromatic rings. The van der Waals surface area contributed by atoms with Crippen molar-refractivity contribution >= 4 is 22.9 Å². The molecule has 4 rings (SSSR count). The van der Waals surface area contributed by atoms with Crippen LogP contribution < -0.4 is 21.8 Å². The van der Waals surface area contributed by atoms with Gasteiger partial charge in [0.1, 0.15) is 22.2 Å². The van der Waals surface area contributed by atoms with Crippen LogP contribution in [0, 0.1) is 0 Å². The third-order valence-electron chi connectivity index (χ3n) is 4.67. The molecule has 0 amide bonds. The zero-order valence-electron chi connectivity index (χ0n) is 16.4. The van der Waals surface area contributed by atoms with Gasteiger partial charge < -0.3 is 14.4 Å². The number of hydrogen-bond acceptors (Lipinski definition) is 4. The first kappa shape index (κ1) is 18.7. The standard InChI is InChI=1S/C23H21N3O3/c1-23(2,3)20-17(24-13-29-20)12-19-22(28)25-18(21(27)26-19)11-15-9-6-8-14-7-4-5-10-16(14)15/h4-13H,1-3H3,(H,25,28)(H,26,27). The molecule has 2 heterocycles. The molecular weight excluding hydrogens is 366 g/mol. The molecule has 2 aromatic heterocycles. The van der Waals surface area contributed by atoms with E-state index >= 15 is 0 Å². The number of rotatable bonds is 2. The molecular formula is C23H21N3O3. The molecule has 2 aromatic carbocycles. The summed E-state index contributed by atoms with van der Waals surface area (Å²) < 4.78 is 5.46. The van der Waals surface area contributed by atoms with Crippen LogP contribution >= 0.6 is 0 Å². The summed E-state index contributed by atoms with van der Waals surface area (Å²) in [6.45, 7) is 5.96. The van der Waals surface area contributed by atoms with Crippen LogP contribution in [0.5, 0.6) is 0 Å². The molecule has 0 saturated carbocycles. The number of benzene rings is 2. The fourth-order valence-corrected chi connectivity index (χ4v) is 3.28. The molecule has 2 N–H and O–H groups in total. The minimum Gasteiger partial charge on any atom is -0.447 e. The summed E-state index contributed by atoms with van der Waals surface area (Å²) in [5.74, 6) is 0.643. The zero-order chi connectivity index (χ0) is 20.6. The average Bonchev–Trinajstić information content (AvgIpc) is 3.15. The summed E-state index contributed by atoms with van der Waals surface area (Å²) in [5.41, 5.74) is 0.303. The van der Waals surface area contributed by atoms with E-state index in [4.69, 9.17) is 4.42 Å². The third kappa shape index (κ3) is 3.69. The highest BCUT2D eigenvalue weighted by atomic mass is 16.3. The molecule has 0 saturated heterocycles. The molecule has 29 heavy (non-hydrogen) atoms. The Hall–Kier alpha value is -3.67. The minimum atomic E-state index is -0.404. The average molecular weight is 387 g/mol. The number of H-pyrrole nitrogens is 2. The smallest absolute Gasteiger partial charge is 0.272 e. The zero-order valence-corrected chi connectivity index (χ0v) is 16.4. The molecule has 0 aliphatic carbocycles. The number of hydrogen-bond donors (Lipinski definition) is 2. The van der Waals surface area contributed by atoms with Crippen LogP contribution in [0.25, 0.3) is 22.9 Å². The van der Waals surface area contributed by atoms with Gasteiger partial charge in [-0.2, -0.15) is 0 Å². The van der Waals surface area contributed by atoms with Crippen molar-refractivity contribution in [1.29, 1.82) is 0 Å². The summed E-state index contributed by atoms with van der Waals surface area (Å²) in [6.07, 6.45) is 4.55. The topological polar surface area (TPSA) is 91.8 Å². The van der Waals surface area contributed by atoms with Crippen molar-refractivity contribution in [2.75, 3.05) is 0 Å². The summed E-state index contributed by atoms with van der Waals surface area (Å²) in [5, 5.41) is 2.39. The number of aromatic amines is 2. The Kier molecular flexibility index (Phi) is 4.54. The second-order valence-electron chi connectivity index (χ2n) is 7.91. The van der Waals surface area contributed by atoms with Crippen LogP contribution in [-0.2, 0) is 5.41 Å². The van der Waals surface area contributed by atoms with Crippen molar-refractivity contribution in [3.63, 3.8) is 0 Å². The minimum absolute atomic E-state index is 0.129. The molecule has 0 fully saturated rings. The lowest BCUT2D eigenvalue weighted by molar-refractivity contribution is 0.407. The highest BCUT2D eigenvalue weighted by molar-refractivity contribution is 5.90. The van der Waals surface area contributed by atoms with Crippen LogP contribution in [-0.4, -0.2) is 15.0 Å². The van der Waals surface area contributed by atoms with E-state index in [0.717, 1.165) is 16.3 Å². The predicted molar refractivity (Wildman–Crippen MR) is 113 cm³/mol. The number of nitrogens with zero attached hydrogens (tertiary/aromatic N) is 1. The van der Waals surface area contributed by atoms with Gasteiger partial charge in [-0.25, -0.2) is 4.98 Å². The van der Waals surface area contributed by atoms with E-state index < -0.39 is 5.56 Å². The summed E-state index contributed by atoms with van der Waals surface area (Å²) in [4.78, 5) is 34.7. The Labute approximate surface area is 166 Å². The van der Waals surface area contributed by atoms with Gasteiger partial charge in [0.25, 0.3) is 11.1 Å². The van der Waals surface area contributed by atoms with Crippen LogP contribution in [0.15, 0.2) is 62.9 Å². The van der Waals surface area contributed by atoms with E-state index in [-0.39, 0.29) is 21.7 Å². The van der Waals surface area contributed by atoms with Gasteiger partial charge in [0, 0.05) is 5.41 Å². The third-order valence-corrected chi connectivity index (χ3v) is 4.67. The van der Waals surface area contributed by atoms with Crippen molar-refractivity contribution in [2.45, 2.75) is 26.2 Å². The SMILES string of the molecule is CC(C)(C)c1ocnc1C=c1[nH]c(=O)c(=Cc2cccc3ccccc23)[nH]c1=O. The molecule has 6 nitrogen and oxygen atoms in total. The Morgan fingerprint density at radius 1 is 0.897 bits per heavy atom. The summed E-state index contributed by atoms with van der Waals surface area (Å²) in [6, 6.07) is 13.7. The summed E-state index contributed by atoms with van der Waals surface area (Å²) in [7, 11) is 0. The van der Waals surface area contributed by atoms with Crippen molar-refractivity contribution in [3.05, 3.63) is 97.3 Å². The van der Waals surface area contributed by atoms with E-state index in [1.165, 1.54) is 12.5 Å². The normalized spacial score (nSPS) is 13.3. The Balaban J connectivity index is 1.87. The van der Waals surface area contributed by atoms with Crippen LogP contribution in [0.3, 0.4) is 0 Å². The Morgan fingerprint density at radius 2 is 1.55 bits per heavy atom. The lowest BCUT2D eigenvalue weighted by Crippen LogP contribution is -2.46. The maximum absolute atomic E-state index is 12.6. The maximum atomic E-state index is 12.6. The number of nitrogens with one attached hydrogen (secondary N) is 2. The highest BCUT2D eigenvalue weighted by Gasteiger charge is 2.21. The van der Waals surface area contributed by atoms with Gasteiger partial charge >= 0.3 is 0 Å². The highest BCUT2D eigenvalue weighted by Crippen LogP contribution is 2.25. The lowest BCUT2D eigenvalue weighted by atomic mass is 9.92. The monoisotopic (exact) mass is 387 g/mol. The molecule has 0 aliphatic rings. The van der Waals surface area contributed by atoms with Crippen LogP contribution in [0.4, 0.5) is 0 Å².